The van der Waals surface area contributed by atoms with Crippen LogP contribution in [-0.2, 0) is 33.3 Å². The van der Waals surface area contributed by atoms with Crippen LogP contribution < -0.4 is 0 Å². The fourth-order valence-corrected chi connectivity index (χ4v) is 7.44. The average molecular weight is 869 g/mol. The van der Waals surface area contributed by atoms with E-state index in [0.717, 1.165) is 0 Å². The van der Waals surface area contributed by atoms with E-state index >= 15 is 0 Å². The first-order valence-corrected chi connectivity index (χ1v) is 21.0. The summed E-state index contributed by atoms with van der Waals surface area (Å²) in [5.41, 5.74) is 1.01. The zero-order valence-electron chi connectivity index (χ0n) is 37.2. The summed E-state index contributed by atoms with van der Waals surface area (Å²) in [4.78, 5) is 52.4. The summed E-state index contributed by atoms with van der Waals surface area (Å²) >= 11 is 0. The van der Waals surface area contributed by atoms with Gasteiger partial charge in [0.05, 0.1) is 42.9 Å². The molecule has 0 saturated heterocycles. The van der Waals surface area contributed by atoms with E-state index < -0.39 is 60.5 Å². The number of fused-ring (bicyclic) bond motifs is 8. The van der Waals surface area contributed by atoms with E-state index in [9.17, 15) is 29.7 Å². The Morgan fingerprint density at radius 2 is 1.58 bits per heavy atom. The third-order valence-corrected chi connectivity index (χ3v) is 11.7. The summed E-state index contributed by atoms with van der Waals surface area (Å²) in [6.07, 6.45) is 10.7. The standard InChI is InChI=1S/C45H64N4O13/c1-26(16-17-36(53)28(3)42(55)27(2)18-19-49(6)25-50)38(57-8)21-39-30(5)37(56-7)14-11-15-40-46-33(23-59-40)44-48-34(24-61-44)45-47-32(22-60-45)43(58-9)29(4)35(52)13-10-12-31(51)20-41(54)62-39/h10-11,13,15,18-19,22-31,36-39,42-43,51,53,55H,12,14,16-17,20-21H2,1-9H3/b13-10+,15-11+,19-18+/t26-,27+,28-,29-,30+,31-,36+,37+,38-,39-,42+,43-/m0/s1. The summed E-state index contributed by atoms with van der Waals surface area (Å²) in [5, 5.41) is 32.9. The van der Waals surface area contributed by atoms with Gasteiger partial charge in [-0.15, -0.1) is 0 Å². The predicted octanol–water partition coefficient (Wildman–Crippen LogP) is 5.97. The highest BCUT2D eigenvalue weighted by molar-refractivity contribution is 5.92. The van der Waals surface area contributed by atoms with Crippen LogP contribution in [0.4, 0.5) is 0 Å². The maximum atomic E-state index is 13.5. The Morgan fingerprint density at radius 1 is 0.903 bits per heavy atom. The summed E-state index contributed by atoms with van der Waals surface area (Å²) in [6, 6.07) is 0. The predicted molar refractivity (Wildman–Crippen MR) is 226 cm³/mol. The van der Waals surface area contributed by atoms with Crippen LogP contribution in [-0.4, -0.2) is 118 Å². The summed E-state index contributed by atoms with van der Waals surface area (Å²) in [5.74, 6) is -2.22. The third-order valence-electron chi connectivity index (χ3n) is 11.7. The number of hydrogen-bond acceptors (Lipinski definition) is 16. The van der Waals surface area contributed by atoms with Crippen LogP contribution in [0.2, 0.25) is 0 Å². The number of allylic oxidation sites excluding steroid dienone is 1. The first-order chi connectivity index (χ1) is 29.6. The monoisotopic (exact) mass is 868 g/mol. The SMILES string of the molecule is CO[C@@H](C[C@@H]1OC(=O)C[C@@H](O)C/C=C/C(=O)[C@H](C)[C@H](OC)c2coc(n2)-c2coc(n2)-c2coc(n2)/C=C/C[C@@H](OC)[C@H]1C)[C@@H](C)CC[C@@H](O)[C@H](C)[C@H](O)[C@H](C)/C=C/N(C)C=O. The Hall–Kier alpha value is -4.78. The molecule has 17 heteroatoms. The smallest absolute Gasteiger partial charge is 0.308 e. The molecular formula is C45H64N4O13. The summed E-state index contributed by atoms with van der Waals surface area (Å²) in [7, 11) is 6.21. The molecule has 4 heterocycles. The molecule has 62 heavy (non-hydrogen) atoms. The van der Waals surface area contributed by atoms with Crippen molar-refractivity contribution >= 4 is 24.2 Å². The molecule has 0 radical (unpaired) electrons. The molecule has 1 aliphatic rings. The molecule has 0 unspecified atom stereocenters. The van der Waals surface area contributed by atoms with E-state index in [1.54, 1.807) is 53.5 Å². The minimum atomic E-state index is -1.14. The van der Waals surface area contributed by atoms with Crippen LogP contribution in [0.15, 0.2) is 62.5 Å². The number of aromatic nitrogens is 3. The normalized spacial score (nSPS) is 26.0. The van der Waals surface area contributed by atoms with E-state index in [1.165, 1.54) is 43.0 Å². The molecule has 6 bridgehead atoms. The average Bonchev–Trinajstić information content (AvgIpc) is 4.06. The van der Waals surface area contributed by atoms with Crippen LogP contribution in [0.5, 0.6) is 0 Å². The topological polar surface area (TPSA) is 230 Å². The number of nitrogens with zero attached hydrogens (tertiary/aromatic N) is 4. The molecule has 1 amide bonds. The molecule has 3 N–H and O–H groups in total. The van der Waals surface area contributed by atoms with Gasteiger partial charge in [0.25, 0.3) is 0 Å². The molecule has 342 valence electrons. The van der Waals surface area contributed by atoms with Gasteiger partial charge in [-0.3, -0.25) is 14.4 Å². The lowest BCUT2D eigenvalue weighted by atomic mass is 9.84. The largest absolute Gasteiger partial charge is 0.462 e. The lowest BCUT2D eigenvalue weighted by Gasteiger charge is -2.34. The van der Waals surface area contributed by atoms with Crippen molar-refractivity contribution in [1.82, 2.24) is 19.9 Å². The number of cyclic esters (lactones) is 1. The number of aliphatic hydroxyl groups is 3. The number of carbonyl (C=O) groups is 3. The highest BCUT2D eigenvalue weighted by Crippen LogP contribution is 2.32. The molecule has 0 fully saturated rings. The molecule has 0 saturated carbocycles. The first-order valence-electron chi connectivity index (χ1n) is 21.0. The van der Waals surface area contributed by atoms with Gasteiger partial charge in [-0.2, -0.15) is 0 Å². The number of rotatable bonds is 15. The van der Waals surface area contributed by atoms with Crippen LogP contribution in [0.1, 0.15) is 90.8 Å². The zero-order valence-corrected chi connectivity index (χ0v) is 37.2. The Balaban J connectivity index is 1.54. The number of carbonyl (C=O) groups excluding carboxylic acids is 3. The third kappa shape index (κ3) is 13.9. The second kappa shape index (κ2) is 24.2. The van der Waals surface area contributed by atoms with Crippen LogP contribution in [0.25, 0.3) is 29.2 Å². The van der Waals surface area contributed by atoms with Crippen molar-refractivity contribution in [2.45, 2.75) is 116 Å². The second-order valence-electron chi connectivity index (χ2n) is 16.3. The second-order valence-corrected chi connectivity index (χ2v) is 16.3. The molecule has 12 atom stereocenters. The number of hydrogen-bond donors (Lipinski definition) is 3. The van der Waals surface area contributed by atoms with Crippen molar-refractivity contribution in [2.24, 2.45) is 29.6 Å². The van der Waals surface area contributed by atoms with Crippen molar-refractivity contribution in [3.63, 3.8) is 0 Å². The van der Waals surface area contributed by atoms with E-state index in [1.807, 2.05) is 26.8 Å². The lowest BCUT2D eigenvalue weighted by molar-refractivity contribution is -0.159. The van der Waals surface area contributed by atoms with Crippen molar-refractivity contribution < 1.29 is 61.9 Å². The highest BCUT2D eigenvalue weighted by atomic mass is 16.6. The van der Waals surface area contributed by atoms with Crippen molar-refractivity contribution in [3.8, 4) is 23.2 Å². The quantitative estimate of drug-likeness (QED) is 0.118. The van der Waals surface area contributed by atoms with E-state index in [0.29, 0.717) is 42.8 Å². The summed E-state index contributed by atoms with van der Waals surface area (Å²) < 4.78 is 40.6. The van der Waals surface area contributed by atoms with Gasteiger partial charge in [-0.05, 0) is 43.8 Å². The Bertz CT molecular complexity index is 1940. The zero-order chi connectivity index (χ0) is 45.5. The van der Waals surface area contributed by atoms with E-state index in [4.69, 9.17) is 32.2 Å². The van der Waals surface area contributed by atoms with Crippen LogP contribution >= 0.6 is 0 Å². The van der Waals surface area contributed by atoms with Gasteiger partial charge in [-0.25, -0.2) is 15.0 Å². The number of esters is 1. The molecule has 1 aliphatic heterocycles. The number of aliphatic hydroxyl groups excluding tert-OH is 3. The minimum absolute atomic E-state index is 0.0138. The van der Waals surface area contributed by atoms with Gasteiger partial charge in [0.2, 0.25) is 24.1 Å². The minimum Gasteiger partial charge on any atom is -0.462 e. The molecule has 17 nitrogen and oxygen atoms in total. The Labute approximate surface area is 363 Å². The molecule has 4 rings (SSSR count). The maximum absolute atomic E-state index is 13.5. The molecule has 3 aromatic rings. The highest BCUT2D eigenvalue weighted by Gasteiger charge is 2.34. The van der Waals surface area contributed by atoms with E-state index in [2.05, 4.69) is 15.0 Å². The molecule has 0 spiro atoms. The van der Waals surface area contributed by atoms with Gasteiger partial charge in [0, 0.05) is 58.8 Å². The van der Waals surface area contributed by atoms with Gasteiger partial charge in [-0.1, -0.05) is 52.8 Å². The van der Waals surface area contributed by atoms with Crippen molar-refractivity contribution in [2.75, 3.05) is 28.4 Å². The maximum Gasteiger partial charge on any atom is 0.308 e. The van der Waals surface area contributed by atoms with Crippen molar-refractivity contribution in [3.05, 3.63) is 60.9 Å². The lowest BCUT2D eigenvalue weighted by Crippen LogP contribution is -2.39. The number of ether oxygens (including phenoxy) is 4. The van der Waals surface area contributed by atoms with Gasteiger partial charge in [0.1, 0.15) is 36.7 Å². The van der Waals surface area contributed by atoms with Crippen molar-refractivity contribution in [1.29, 1.82) is 0 Å². The van der Waals surface area contributed by atoms with E-state index in [-0.39, 0.29) is 60.5 Å². The molecular weight excluding hydrogens is 805 g/mol. The number of methoxy groups -OCH3 is 3. The Morgan fingerprint density at radius 3 is 2.27 bits per heavy atom. The first kappa shape index (κ1) is 49.9. The molecule has 0 aliphatic carbocycles. The van der Waals surface area contributed by atoms with Crippen LogP contribution in [0.3, 0.4) is 0 Å². The fraction of sp³-hybridized carbons (Fsp3) is 0.600. The van der Waals surface area contributed by atoms with Gasteiger partial charge < -0.3 is 52.4 Å². The van der Waals surface area contributed by atoms with Gasteiger partial charge >= 0.3 is 5.97 Å². The number of oxazole rings is 3. The van der Waals surface area contributed by atoms with Crippen LogP contribution in [0, 0.1) is 29.6 Å². The molecule has 3 aromatic heterocycles. The number of amides is 1. The number of ketones is 1. The van der Waals surface area contributed by atoms with Gasteiger partial charge in [0.15, 0.2) is 17.2 Å². The fourth-order valence-electron chi connectivity index (χ4n) is 7.44. The summed E-state index contributed by atoms with van der Waals surface area (Å²) in [6.45, 7) is 9.21. The Kier molecular flexibility index (Phi) is 19.4. The molecule has 0 aromatic carbocycles.